The first-order chi connectivity index (χ1) is 22.7. The third kappa shape index (κ3) is 10.0. The Morgan fingerprint density at radius 1 is 0.174 bits per heavy atom. The van der Waals surface area contributed by atoms with Crippen molar-refractivity contribution in [1.29, 1.82) is 0 Å². The van der Waals surface area contributed by atoms with Crippen LogP contribution >= 0.6 is 0 Å². The van der Waals surface area contributed by atoms with Gasteiger partial charge in [0.2, 0.25) is 0 Å². The summed E-state index contributed by atoms with van der Waals surface area (Å²) in [5.41, 5.74) is 0. The molecule has 0 aliphatic heterocycles. The zero-order valence-electron chi connectivity index (χ0n) is 31.0. The lowest BCUT2D eigenvalue weighted by Gasteiger charge is -2.40. The van der Waals surface area contributed by atoms with E-state index in [2.05, 4.69) is 0 Å². The summed E-state index contributed by atoms with van der Waals surface area (Å²) in [5, 5.41) is 0. The molecule has 0 saturated heterocycles. The van der Waals surface area contributed by atoms with E-state index in [0.29, 0.717) is 0 Å². The first kappa shape index (κ1) is 34.4. The van der Waals surface area contributed by atoms with E-state index in [1.165, 1.54) is 38.5 Å². The first-order valence-corrected chi connectivity index (χ1v) is 22.7. The van der Waals surface area contributed by atoms with Crippen molar-refractivity contribution in [3.63, 3.8) is 0 Å². The fourth-order valence-corrected chi connectivity index (χ4v) is 14.0. The van der Waals surface area contributed by atoms with Gasteiger partial charge in [-0.2, -0.15) is 0 Å². The minimum atomic E-state index is 1.09. The van der Waals surface area contributed by atoms with Gasteiger partial charge in [0.05, 0.1) is 0 Å². The molecule has 0 N–H and O–H groups in total. The first-order valence-electron chi connectivity index (χ1n) is 22.7. The van der Waals surface area contributed by atoms with Gasteiger partial charge in [0.1, 0.15) is 0 Å². The Labute approximate surface area is 288 Å². The molecular weight excluding hydrogens is 553 g/mol. The highest BCUT2D eigenvalue weighted by molar-refractivity contribution is 4.87. The summed E-state index contributed by atoms with van der Waals surface area (Å²) in [6.45, 7) is 0. The molecule has 0 heteroatoms. The van der Waals surface area contributed by atoms with Crippen LogP contribution < -0.4 is 0 Å². The second-order valence-electron chi connectivity index (χ2n) is 20.0. The maximum atomic E-state index is 1.61. The summed E-state index contributed by atoms with van der Waals surface area (Å²) in [7, 11) is 0. The van der Waals surface area contributed by atoms with Crippen LogP contribution in [0.1, 0.15) is 218 Å². The van der Waals surface area contributed by atoms with E-state index in [1.54, 1.807) is 180 Å². The molecule has 0 aromatic heterocycles. The Morgan fingerprint density at radius 3 is 0.565 bits per heavy atom. The second-order valence-corrected chi connectivity index (χ2v) is 20.0. The zero-order chi connectivity index (χ0) is 31.0. The highest BCUT2D eigenvalue weighted by Crippen LogP contribution is 2.48. The summed E-state index contributed by atoms with van der Waals surface area (Å²) >= 11 is 0. The molecule has 0 amide bonds. The molecule has 0 heterocycles. The van der Waals surface area contributed by atoms with Gasteiger partial charge in [-0.25, -0.2) is 0 Å². The van der Waals surface area contributed by atoms with Crippen LogP contribution in [0.2, 0.25) is 0 Å². The lowest BCUT2D eigenvalue weighted by atomic mass is 9.65. The van der Waals surface area contributed by atoms with Crippen molar-refractivity contribution in [2.75, 3.05) is 0 Å². The molecule has 46 heavy (non-hydrogen) atoms. The summed E-state index contributed by atoms with van der Waals surface area (Å²) in [5.74, 6) is 13.2. The predicted molar refractivity (Wildman–Crippen MR) is 199 cm³/mol. The topological polar surface area (TPSA) is 0 Å². The molecule has 0 radical (unpaired) electrons. The van der Waals surface area contributed by atoms with Crippen molar-refractivity contribution < 1.29 is 0 Å². The highest BCUT2D eigenvalue weighted by Gasteiger charge is 2.35. The van der Waals surface area contributed by atoms with Gasteiger partial charge < -0.3 is 0 Å². The summed E-state index contributed by atoms with van der Waals surface area (Å²) in [6, 6.07) is 0. The van der Waals surface area contributed by atoms with E-state index in [4.69, 9.17) is 0 Å². The predicted octanol–water partition coefficient (Wildman–Crippen LogP) is 14.7. The Morgan fingerprint density at radius 2 is 0.348 bits per heavy atom. The van der Waals surface area contributed by atoms with Crippen molar-refractivity contribution in [2.45, 2.75) is 218 Å². The smallest absolute Gasteiger partial charge is 0.0386 e. The average molecular weight is 633 g/mol. The zero-order valence-corrected chi connectivity index (χ0v) is 31.0. The van der Waals surface area contributed by atoms with Crippen molar-refractivity contribution >= 4 is 0 Å². The second kappa shape index (κ2) is 17.8. The van der Waals surface area contributed by atoms with Crippen LogP contribution in [0.15, 0.2) is 0 Å². The van der Waals surface area contributed by atoms with Crippen molar-refractivity contribution in [2.24, 2.45) is 71.0 Å². The van der Waals surface area contributed by atoms with E-state index < -0.39 is 0 Å². The lowest BCUT2D eigenvalue weighted by molar-refractivity contribution is 0.112. The van der Waals surface area contributed by atoms with Crippen LogP contribution in [0, 0.1) is 71.0 Å². The summed E-state index contributed by atoms with van der Waals surface area (Å²) in [4.78, 5) is 0. The highest BCUT2D eigenvalue weighted by atomic mass is 14.4. The van der Waals surface area contributed by atoms with Crippen LogP contribution in [0.25, 0.3) is 0 Å². The molecule has 0 aromatic carbocycles. The van der Waals surface area contributed by atoms with Gasteiger partial charge in [-0.3, -0.25) is 0 Å². The van der Waals surface area contributed by atoms with Gasteiger partial charge in [-0.15, -0.1) is 0 Å². The molecule has 0 bridgehead atoms. The standard InChI is InChI=1S/C46H80/c1-3-7-35(8-4-1)31-39-15-23-43(24-16-39)45-27-19-41(20-28-45)33-37-11-13-38(14-12-37)34-42-21-29-46(30-22-42)44-25-17-40(18-26-44)32-36-9-5-2-6-10-36/h35-46H,1-34H2. The Bertz CT molecular complexity index is 736. The van der Waals surface area contributed by atoms with Crippen LogP contribution in [0.3, 0.4) is 0 Å². The van der Waals surface area contributed by atoms with Crippen molar-refractivity contribution in [3.05, 3.63) is 0 Å². The van der Waals surface area contributed by atoms with Crippen LogP contribution in [0.4, 0.5) is 0 Å². The quantitative estimate of drug-likeness (QED) is 0.225. The molecule has 0 unspecified atom stereocenters. The Kier molecular flexibility index (Phi) is 13.3. The molecule has 7 saturated carbocycles. The van der Waals surface area contributed by atoms with Gasteiger partial charge in [-0.05, 0) is 148 Å². The normalized spacial score (nSPS) is 42.5. The Hall–Kier alpha value is 0. The van der Waals surface area contributed by atoms with E-state index in [-0.39, 0.29) is 0 Å². The lowest BCUT2D eigenvalue weighted by Crippen LogP contribution is -2.28. The van der Waals surface area contributed by atoms with Gasteiger partial charge in [-0.1, -0.05) is 141 Å². The fourth-order valence-electron chi connectivity index (χ4n) is 14.0. The number of hydrogen-bond acceptors (Lipinski definition) is 0. The molecule has 0 atom stereocenters. The summed E-state index contributed by atoms with van der Waals surface area (Å²) < 4.78 is 0. The Balaban J connectivity index is 0.721. The fraction of sp³-hybridized carbons (Fsp3) is 1.00. The molecule has 7 rings (SSSR count). The van der Waals surface area contributed by atoms with E-state index in [0.717, 1.165) is 71.0 Å². The van der Waals surface area contributed by atoms with E-state index >= 15 is 0 Å². The van der Waals surface area contributed by atoms with Crippen molar-refractivity contribution in [1.82, 2.24) is 0 Å². The van der Waals surface area contributed by atoms with Crippen LogP contribution in [0.5, 0.6) is 0 Å². The van der Waals surface area contributed by atoms with Gasteiger partial charge in [0.25, 0.3) is 0 Å². The van der Waals surface area contributed by atoms with Crippen LogP contribution in [-0.2, 0) is 0 Å². The maximum absolute atomic E-state index is 1.61. The average Bonchev–Trinajstić information content (AvgIpc) is 3.12. The number of rotatable bonds is 10. The maximum Gasteiger partial charge on any atom is -0.0386 e. The summed E-state index contributed by atoms with van der Waals surface area (Å²) in [6.07, 6.45) is 53.8. The molecule has 0 aromatic rings. The van der Waals surface area contributed by atoms with Gasteiger partial charge >= 0.3 is 0 Å². The SMILES string of the molecule is C1CCC(CC2CCC(C3CCC(CC4CCC(CC5CCC(C6CCC(CC7CCCCC7)CC6)CC5)CC4)CC3)CC2)CC1. The number of hydrogen-bond donors (Lipinski definition) is 0. The van der Waals surface area contributed by atoms with Crippen molar-refractivity contribution in [3.8, 4) is 0 Å². The minimum absolute atomic E-state index is 1.09. The molecule has 264 valence electrons. The van der Waals surface area contributed by atoms with E-state index in [9.17, 15) is 0 Å². The molecule has 7 fully saturated rings. The third-order valence-corrected chi connectivity index (χ3v) is 17.0. The molecule has 7 aliphatic rings. The van der Waals surface area contributed by atoms with Gasteiger partial charge in [0.15, 0.2) is 0 Å². The molecule has 0 nitrogen and oxygen atoms in total. The van der Waals surface area contributed by atoms with Gasteiger partial charge in [0, 0.05) is 0 Å². The largest absolute Gasteiger partial charge is 0.0533 e. The molecular formula is C46H80. The minimum Gasteiger partial charge on any atom is -0.0533 e. The van der Waals surface area contributed by atoms with E-state index in [1.807, 2.05) is 0 Å². The third-order valence-electron chi connectivity index (χ3n) is 17.0. The monoisotopic (exact) mass is 633 g/mol. The molecule has 7 aliphatic carbocycles. The molecule has 0 spiro atoms. The van der Waals surface area contributed by atoms with Crippen LogP contribution in [-0.4, -0.2) is 0 Å².